The van der Waals surface area contributed by atoms with Crippen LogP contribution in [0.15, 0.2) is 41.7 Å². The molecule has 0 spiro atoms. The summed E-state index contributed by atoms with van der Waals surface area (Å²) in [6.07, 6.45) is 1.69. The Morgan fingerprint density at radius 3 is 2.67 bits per heavy atom. The maximum atomic E-state index is 13.5. The number of allylic oxidation sites excluding steroid dienone is 1. The fraction of sp³-hybridized carbons (Fsp3) is 0.464. The molecule has 0 aliphatic carbocycles. The second-order valence-electron chi connectivity index (χ2n) is 11.7. The molecule has 4 aliphatic rings. The third kappa shape index (κ3) is 6.37. The number of carboxylic acid groups (broad SMARTS) is 1. The molecule has 0 unspecified atom stereocenters. The van der Waals surface area contributed by atoms with Gasteiger partial charge in [0.1, 0.15) is 17.1 Å². The Morgan fingerprint density at radius 2 is 2.00 bits per heavy atom. The average molecular weight is 719 g/mol. The van der Waals surface area contributed by atoms with Crippen LogP contribution < -0.4 is 16.9 Å². The number of carboxylic acids is 1. The van der Waals surface area contributed by atoms with E-state index in [9.17, 15) is 39.1 Å². The van der Waals surface area contributed by atoms with Gasteiger partial charge in [0.2, 0.25) is 17.4 Å². The van der Waals surface area contributed by atoms with Gasteiger partial charge < -0.3 is 44.7 Å². The zero-order chi connectivity index (χ0) is 35.1. The first-order chi connectivity index (χ1) is 23.4. The minimum absolute atomic E-state index is 0.0325. The van der Waals surface area contributed by atoms with Gasteiger partial charge in [0.15, 0.2) is 23.3 Å². The normalized spacial score (nSPS) is 23.4. The number of ether oxygens (including phenoxy) is 1. The summed E-state index contributed by atoms with van der Waals surface area (Å²) in [5.74, 6) is -4.03. The smallest absolute Gasteiger partial charge is 0.477 e. The van der Waals surface area contributed by atoms with Crippen molar-refractivity contribution in [3.05, 3.63) is 50.9 Å². The van der Waals surface area contributed by atoms with Crippen LogP contribution in [0.3, 0.4) is 0 Å². The van der Waals surface area contributed by atoms with Crippen molar-refractivity contribution in [3.8, 4) is 0 Å². The molecule has 0 aromatic carbocycles. The average Bonchev–Trinajstić information content (AvgIpc) is 3.87. The molecule has 0 saturated carbocycles. The van der Waals surface area contributed by atoms with Crippen molar-refractivity contribution < 1.29 is 47.9 Å². The molecule has 0 radical (unpaired) electrons. The lowest BCUT2D eigenvalue weighted by Gasteiger charge is -2.49. The number of nitrogens with two attached hydrogens (primary N) is 1. The number of nitrogen functional groups attached to an aromatic ring is 1. The highest BCUT2D eigenvalue weighted by Gasteiger charge is 2.54. The summed E-state index contributed by atoms with van der Waals surface area (Å²) in [7, 11) is 0. The number of hydrogen-bond donors (Lipinski definition) is 4. The molecule has 3 fully saturated rings. The lowest BCUT2D eigenvalue weighted by molar-refractivity contribution is -0.150. The van der Waals surface area contributed by atoms with E-state index in [-0.39, 0.29) is 64.8 Å². The van der Waals surface area contributed by atoms with Crippen LogP contribution in [-0.2, 0) is 30.5 Å². The molecule has 21 heteroatoms. The van der Waals surface area contributed by atoms with Crippen LogP contribution in [0.25, 0.3) is 0 Å². The first-order valence-corrected chi connectivity index (χ1v) is 16.8. The van der Waals surface area contributed by atoms with Crippen LogP contribution in [-0.4, -0.2) is 113 Å². The molecule has 49 heavy (non-hydrogen) atoms. The molecule has 3 saturated heterocycles. The number of carbonyl (C=O) groups is 5. The molecular formula is C28H30N8O11S2. The monoisotopic (exact) mass is 718 g/mol. The van der Waals surface area contributed by atoms with Crippen molar-refractivity contribution in [1.82, 2.24) is 29.4 Å². The van der Waals surface area contributed by atoms with E-state index in [0.717, 1.165) is 16.4 Å². The second kappa shape index (κ2) is 13.4. The summed E-state index contributed by atoms with van der Waals surface area (Å²) in [6.45, 7) is 4.23. The molecule has 6 heterocycles. The van der Waals surface area contributed by atoms with Gasteiger partial charge in [-0.2, -0.15) is 9.36 Å². The first-order valence-electron chi connectivity index (χ1n) is 15.0. The van der Waals surface area contributed by atoms with Crippen molar-refractivity contribution in [3.63, 3.8) is 0 Å². The zero-order valence-corrected chi connectivity index (χ0v) is 27.6. The van der Waals surface area contributed by atoms with E-state index in [1.54, 1.807) is 18.7 Å². The maximum absolute atomic E-state index is 13.5. The van der Waals surface area contributed by atoms with Crippen LogP contribution in [0.4, 0.5) is 9.93 Å². The Labute approximate surface area is 284 Å². The molecule has 19 nitrogen and oxygen atoms in total. The molecular weight excluding hydrogens is 688 g/mol. The van der Waals surface area contributed by atoms with Crippen LogP contribution in [0.5, 0.6) is 0 Å². The van der Waals surface area contributed by atoms with E-state index in [0.29, 0.717) is 37.3 Å². The Kier molecular flexibility index (Phi) is 9.20. The third-order valence-corrected chi connectivity index (χ3v) is 10.2. The molecule has 6 rings (SSSR count). The predicted molar refractivity (Wildman–Crippen MR) is 168 cm³/mol. The van der Waals surface area contributed by atoms with Crippen LogP contribution >= 0.6 is 23.3 Å². The van der Waals surface area contributed by atoms with Gasteiger partial charge in [0.05, 0.1) is 6.04 Å². The van der Waals surface area contributed by atoms with Gasteiger partial charge in [0.25, 0.3) is 11.8 Å². The van der Waals surface area contributed by atoms with Gasteiger partial charge in [-0.1, -0.05) is 19.0 Å². The fourth-order valence-corrected chi connectivity index (χ4v) is 7.79. The Balaban J connectivity index is 1.08. The highest BCUT2D eigenvalue weighted by Crippen LogP contribution is 2.41. The quantitative estimate of drug-likeness (QED) is 0.0892. The molecule has 0 bridgehead atoms. The van der Waals surface area contributed by atoms with Crippen molar-refractivity contribution in [2.45, 2.75) is 56.7 Å². The predicted octanol–water partition coefficient (Wildman–Crippen LogP) is 0.277. The number of likely N-dealkylation sites (tertiary alicyclic amines) is 2. The van der Waals surface area contributed by atoms with E-state index in [4.69, 9.17) is 19.3 Å². The van der Waals surface area contributed by atoms with Gasteiger partial charge in [-0.3, -0.25) is 19.3 Å². The number of nitrogens with zero attached hydrogens (tertiary/aromatic N) is 6. The number of rotatable bonds is 9. The second-order valence-corrected chi connectivity index (χ2v) is 13.6. The maximum Gasteiger partial charge on any atom is 0.519 e. The molecule has 2 aromatic heterocycles. The molecule has 5 N–H and O–H groups in total. The largest absolute Gasteiger partial charge is 0.519 e. The number of carbonyl (C=O) groups excluding carboxylic acids is 4. The highest BCUT2D eigenvalue weighted by molar-refractivity contribution is 8.00. The number of oxime groups is 1. The fourth-order valence-electron chi connectivity index (χ4n) is 6.05. The van der Waals surface area contributed by atoms with E-state index < -0.39 is 46.8 Å². The van der Waals surface area contributed by atoms with Crippen molar-refractivity contribution in [2.24, 2.45) is 5.16 Å². The third-order valence-electron chi connectivity index (χ3n) is 8.35. The minimum atomic E-state index is -1.38. The number of fused-ring (bicyclic) bond motifs is 1. The van der Waals surface area contributed by atoms with E-state index in [2.05, 4.69) is 19.8 Å². The zero-order valence-electron chi connectivity index (χ0n) is 26.0. The Morgan fingerprint density at radius 1 is 1.22 bits per heavy atom. The Hall–Kier alpha value is -5.18. The summed E-state index contributed by atoms with van der Waals surface area (Å²) in [5, 5.41) is 24.0. The van der Waals surface area contributed by atoms with Gasteiger partial charge >= 0.3 is 17.9 Å². The number of anilines is 1. The number of amides is 4. The van der Waals surface area contributed by atoms with Crippen molar-refractivity contribution in [2.75, 3.05) is 31.1 Å². The van der Waals surface area contributed by atoms with Gasteiger partial charge in [-0.05, 0) is 24.5 Å². The SMILES string of the molecule is CC(C)c1oc(=O)oc1COC(=O)N1CC[C@@H](N2CCC(=CC3=C(C(=O)O)N4C(=O)[C@@H](NC(=O)C(=NO)c5nsc(N)n5)[C@H]4SC3)C2=O)C1. The van der Waals surface area contributed by atoms with E-state index >= 15 is 0 Å². The van der Waals surface area contributed by atoms with Crippen LogP contribution in [0.1, 0.15) is 50.0 Å². The molecule has 260 valence electrons. The lowest BCUT2D eigenvalue weighted by Crippen LogP contribution is -2.71. The van der Waals surface area contributed by atoms with E-state index in [1.807, 2.05) is 0 Å². The van der Waals surface area contributed by atoms with E-state index in [1.165, 1.54) is 22.7 Å². The highest BCUT2D eigenvalue weighted by atomic mass is 32.2. The number of aromatic nitrogens is 2. The summed E-state index contributed by atoms with van der Waals surface area (Å²) in [4.78, 5) is 83.9. The summed E-state index contributed by atoms with van der Waals surface area (Å²) in [5.41, 5.74) is 5.30. The van der Waals surface area contributed by atoms with Gasteiger partial charge in [-0.15, -0.1) is 11.8 Å². The molecule has 4 amide bonds. The van der Waals surface area contributed by atoms with Crippen molar-refractivity contribution >= 4 is 63.9 Å². The van der Waals surface area contributed by atoms with Crippen molar-refractivity contribution in [1.29, 1.82) is 0 Å². The molecule has 3 atom stereocenters. The van der Waals surface area contributed by atoms with Gasteiger partial charge in [-0.25, -0.2) is 14.4 Å². The number of aliphatic carboxylic acids is 1. The van der Waals surface area contributed by atoms with Crippen LogP contribution in [0, 0.1) is 0 Å². The molecule has 2 aromatic rings. The number of nitrogens with one attached hydrogen (secondary N) is 1. The minimum Gasteiger partial charge on any atom is -0.477 e. The number of hydrogen-bond acceptors (Lipinski definition) is 16. The first kappa shape index (κ1) is 33.7. The summed E-state index contributed by atoms with van der Waals surface area (Å²) in [6, 6.07) is -1.42. The number of thioether (sulfide) groups is 1. The Bertz CT molecular complexity index is 1880. The van der Waals surface area contributed by atoms with Gasteiger partial charge in [0, 0.05) is 48.4 Å². The van der Waals surface area contributed by atoms with Crippen LogP contribution in [0.2, 0.25) is 0 Å². The molecule has 4 aliphatic heterocycles. The summed E-state index contributed by atoms with van der Waals surface area (Å²) < 4.78 is 19.2. The summed E-state index contributed by atoms with van der Waals surface area (Å²) >= 11 is 1.97. The standard InChI is InChI=1S/C28H30N8O11S2/c1-11(2)19-15(46-28(43)47-19)9-45-27(42)34-5-4-14(8-34)35-6-3-12(22(35)38)7-13-10-48-24-17(23(39)36(24)18(13)25(40)41)30-21(37)16(32-44)20-31-26(29)49-33-20/h7,11,14,17,24,44H,3-6,8-10H2,1-2H3,(H,30,37)(H,40,41)(H2,29,31,33)/t14-,17-,24-/m1/s1. The number of β-lactam (4-membered cyclic amide) rings is 1. The lowest BCUT2D eigenvalue weighted by atomic mass is 10.0. The topological polar surface area (TPSA) is 264 Å².